The number of fused-ring (bicyclic) bond motifs is 1. The minimum atomic E-state index is -4.09. The zero-order valence-electron chi connectivity index (χ0n) is 9.27. The molecule has 0 amide bonds. The van der Waals surface area contributed by atoms with E-state index < -0.39 is 20.9 Å². The molecule has 1 heterocycles. The second-order valence-corrected chi connectivity index (χ2v) is 6.36. The van der Waals surface area contributed by atoms with Crippen LogP contribution in [0.2, 0.25) is 0 Å². The molecule has 16 heavy (non-hydrogen) atoms. The zero-order valence-corrected chi connectivity index (χ0v) is 10.1. The average molecular weight is 241 g/mol. The summed E-state index contributed by atoms with van der Waals surface area (Å²) in [5.41, 5.74) is 1.33. The highest BCUT2D eigenvalue weighted by atomic mass is 32.2. The van der Waals surface area contributed by atoms with Crippen LogP contribution in [0.3, 0.4) is 0 Å². The Hall–Kier alpha value is -1.07. The number of anilines is 1. The maximum atomic E-state index is 11.3. The minimum absolute atomic E-state index is 0.526. The van der Waals surface area contributed by atoms with Crippen LogP contribution in [-0.2, 0) is 16.5 Å². The van der Waals surface area contributed by atoms with Crippen molar-refractivity contribution in [1.29, 1.82) is 0 Å². The fraction of sp³-hybridized carbons (Fsp3) is 0.455. The van der Waals surface area contributed by atoms with E-state index in [-0.39, 0.29) is 0 Å². The molecule has 0 aromatic heterocycles. The lowest BCUT2D eigenvalue weighted by atomic mass is 9.82. The van der Waals surface area contributed by atoms with Gasteiger partial charge >= 0.3 is 0 Å². The van der Waals surface area contributed by atoms with E-state index in [0.29, 0.717) is 6.42 Å². The summed E-state index contributed by atoms with van der Waals surface area (Å²) >= 11 is 0. The second kappa shape index (κ2) is 3.46. The molecule has 1 aromatic carbocycles. The van der Waals surface area contributed by atoms with Gasteiger partial charge in [0, 0.05) is 11.1 Å². The van der Waals surface area contributed by atoms with Crippen molar-refractivity contribution in [3.05, 3.63) is 29.8 Å². The van der Waals surface area contributed by atoms with Gasteiger partial charge in [-0.3, -0.25) is 4.55 Å². The Kier molecular flexibility index (Phi) is 2.47. The molecule has 0 radical (unpaired) electrons. The van der Waals surface area contributed by atoms with Crippen LogP contribution in [0, 0.1) is 5.41 Å². The molecule has 1 aliphatic rings. The van der Waals surface area contributed by atoms with Crippen LogP contribution in [0.4, 0.5) is 5.69 Å². The maximum Gasteiger partial charge on any atom is 0.286 e. The Morgan fingerprint density at radius 1 is 1.38 bits per heavy atom. The van der Waals surface area contributed by atoms with Gasteiger partial charge in [0.1, 0.15) is 0 Å². The highest BCUT2D eigenvalue weighted by molar-refractivity contribution is 7.86. The van der Waals surface area contributed by atoms with Crippen molar-refractivity contribution in [2.24, 2.45) is 5.41 Å². The molecule has 0 saturated carbocycles. The van der Waals surface area contributed by atoms with Gasteiger partial charge in [0.05, 0.1) is 0 Å². The molecule has 1 atom stereocenters. The van der Waals surface area contributed by atoms with Crippen LogP contribution in [0.1, 0.15) is 19.4 Å². The van der Waals surface area contributed by atoms with Gasteiger partial charge in [0.15, 0.2) is 5.37 Å². The molecule has 88 valence electrons. The fourth-order valence-electron chi connectivity index (χ4n) is 2.21. The van der Waals surface area contributed by atoms with Crippen molar-refractivity contribution in [2.75, 3.05) is 5.32 Å². The van der Waals surface area contributed by atoms with Crippen molar-refractivity contribution in [1.82, 2.24) is 0 Å². The van der Waals surface area contributed by atoms with Gasteiger partial charge in [-0.2, -0.15) is 8.42 Å². The van der Waals surface area contributed by atoms with Gasteiger partial charge in [-0.05, 0) is 18.1 Å². The highest BCUT2D eigenvalue weighted by Crippen LogP contribution is 2.38. The molecule has 5 heteroatoms. The van der Waals surface area contributed by atoms with Crippen LogP contribution >= 0.6 is 0 Å². The summed E-state index contributed by atoms with van der Waals surface area (Å²) in [5.74, 6) is 0. The third-order valence-electron chi connectivity index (χ3n) is 2.96. The van der Waals surface area contributed by atoms with E-state index in [0.717, 1.165) is 11.3 Å². The molecule has 0 bridgehead atoms. The number of hydrogen-bond donors (Lipinski definition) is 2. The second-order valence-electron chi connectivity index (χ2n) is 4.86. The largest absolute Gasteiger partial charge is 0.366 e. The van der Waals surface area contributed by atoms with Crippen molar-refractivity contribution >= 4 is 15.8 Å². The van der Waals surface area contributed by atoms with Crippen molar-refractivity contribution < 1.29 is 13.0 Å². The molecule has 1 aromatic rings. The first-order valence-electron chi connectivity index (χ1n) is 5.11. The summed E-state index contributed by atoms with van der Waals surface area (Å²) in [6, 6.07) is 7.54. The van der Waals surface area contributed by atoms with E-state index >= 15 is 0 Å². The van der Waals surface area contributed by atoms with E-state index in [9.17, 15) is 13.0 Å². The van der Waals surface area contributed by atoms with Gasteiger partial charge in [-0.25, -0.2) is 0 Å². The van der Waals surface area contributed by atoms with Gasteiger partial charge in [-0.15, -0.1) is 0 Å². The summed E-state index contributed by atoms with van der Waals surface area (Å²) in [5, 5.41) is 1.94. The molecule has 1 unspecified atom stereocenters. The number of hydrogen-bond acceptors (Lipinski definition) is 3. The molecule has 0 fully saturated rings. The highest BCUT2D eigenvalue weighted by Gasteiger charge is 2.42. The van der Waals surface area contributed by atoms with Crippen LogP contribution in [0.25, 0.3) is 0 Å². The Bertz CT molecular complexity index is 508. The Balaban J connectivity index is 2.48. The molecule has 0 aliphatic carbocycles. The Morgan fingerprint density at radius 2 is 2.00 bits per heavy atom. The standard InChI is InChI=1S/C11H15NO3S/c1-11(2)7-8-5-3-4-6-9(8)12-10(11)16(13,14)15/h3-6,10,12H,7H2,1-2H3,(H,13,14,15). The predicted octanol–water partition coefficient (Wildman–Crippen LogP) is 1.89. The number of benzene rings is 1. The van der Waals surface area contributed by atoms with Crippen molar-refractivity contribution in [2.45, 2.75) is 25.6 Å². The number of para-hydroxylation sites is 1. The fourth-order valence-corrected chi connectivity index (χ4v) is 3.38. The van der Waals surface area contributed by atoms with E-state index in [1.54, 1.807) is 0 Å². The summed E-state index contributed by atoms with van der Waals surface area (Å²) < 4.78 is 31.8. The molecule has 2 N–H and O–H groups in total. The molecule has 0 saturated heterocycles. The SMILES string of the molecule is CC1(C)Cc2ccccc2NC1S(=O)(=O)O. The molecule has 2 rings (SSSR count). The summed E-state index contributed by atoms with van der Waals surface area (Å²) in [4.78, 5) is 0. The summed E-state index contributed by atoms with van der Waals surface area (Å²) in [7, 11) is -4.09. The topological polar surface area (TPSA) is 66.4 Å². The van der Waals surface area contributed by atoms with E-state index in [4.69, 9.17) is 0 Å². The molecule has 4 nitrogen and oxygen atoms in total. The predicted molar refractivity (Wildman–Crippen MR) is 62.9 cm³/mol. The molecule has 1 aliphatic heterocycles. The quantitative estimate of drug-likeness (QED) is 0.737. The first-order chi connectivity index (χ1) is 7.31. The molecule has 0 spiro atoms. The minimum Gasteiger partial charge on any atom is -0.366 e. The lowest BCUT2D eigenvalue weighted by Crippen LogP contribution is -2.46. The van der Waals surface area contributed by atoms with Crippen LogP contribution in [-0.4, -0.2) is 18.3 Å². The zero-order chi connectivity index (χ0) is 12.0. The van der Waals surface area contributed by atoms with E-state index in [2.05, 4.69) is 5.32 Å². The third-order valence-corrected chi connectivity index (χ3v) is 4.31. The van der Waals surface area contributed by atoms with E-state index in [1.165, 1.54) is 0 Å². The first kappa shape index (κ1) is 11.4. The van der Waals surface area contributed by atoms with Crippen LogP contribution < -0.4 is 5.32 Å². The van der Waals surface area contributed by atoms with Gasteiger partial charge in [0.2, 0.25) is 0 Å². The van der Waals surface area contributed by atoms with E-state index in [1.807, 2.05) is 38.1 Å². The monoisotopic (exact) mass is 241 g/mol. The van der Waals surface area contributed by atoms with Crippen molar-refractivity contribution in [3.8, 4) is 0 Å². The Labute approximate surface area is 95.4 Å². The van der Waals surface area contributed by atoms with Gasteiger partial charge in [-0.1, -0.05) is 32.0 Å². The normalized spacial score (nSPS) is 23.3. The average Bonchev–Trinajstić information content (AvgIpc) is 2.13. The number of rotatable bonds is 1. The summed E-state index contributed by atoms with van der Waals surface area (Å²) in [6.07, 6.45) is 0.626. The lowest BCUT2D eigenvalue weighted by Gasteiger charge is -2.38. The smallest absolute Gasteiger partial charge is 0.286 e. The first-order valence-corrected chi connectivity index (χ1v) is 6.62. The maximum absolute atomic E-state index is 11.3. The Morgan fingerprint density at radius 3 is 2.62 bits per heavy atom. The lowest BCUT2D eigenvalue weighted by molar-refractivity contribution is 0.325. The number of nitrogens with one attached hydrogen (secondary N) is 1. The molecular formula is C11H15NO3S. The third kappa shape index (κ3) is 1.92. The van der Waals surface area contributed by atoms with Gasteiger partial charge in [0.25, 0.3) is 10.1 Å². The molecular weight excluding hydrogens is 226 g/mol. The van der Waals surface area contributed by atoms with Crippen LogP contribution in [0.5, 0.6) is 0 Å². The van der Waals surface area contributed by atoms with Gasteiger partial charge < -0.3 is 5.32 Å². The van der Waals surface area contributed by atoms with Crippen molar-refractivity contribution in [3.63, 3.8) is 0 Å². The van der Waals surface area contributed by atoms with Crippen LogP contribution in [0.15, 0.2) is 24.3 Å². The summed E-state index contributed by atoms with van der Waals surface area (Å²) in [6.45, 7) is 3.66.